The second-order valence-electron chi connectivity index (χ2n) is 6.07. The average Bonchev–Trinajstić information content (AvgIpc) is 2.92. The van der Waals surface area contributed by atoms with Crippen LogP contribution in [0.2, 0.25) is 0 Å². The fourth-order valence-electron chi connectivity index (χ4n) is 2.93. The number of nitrogens with one attached hydrogen (secondary N) is 1. The summed E-state index contributed by atoms with van der Waals surface area (Å²) in [5.74, 6) is -1.27. The second kappa shape index (κ2) is 7.31. The fourth-order valence-corrected chi connectivity index (χ4v) is 2.93. The minimum absolute atomic E-state index is 0.345. The minimum atomic E-state index is -0.677. The number of pyridine rings is 1. The van der Waals surface area contributed by atoms with Crippen molar-refractivity contribution in [2.45, 2.75) is 19.9 Å². The molecule has 6 heteroatoms. The molecule has 132 valence electrons. The van der Waals surface area contributed by atoms with Crippen LogP contribution in [0.1, 0.15) is 39.0 Å². The summed E-state index contributed by atoms with van der Waals surface area (Å²) in [6.07, 6.45) is 1.66. The van der Waals surface area contributed by atoms with Gasteiger partial charge >= 0.3 is 0 Å². The van der Waals surface area contributed by atoms with E-state index in [0.29, 0.717) is 22.6 Å². The molecule has 0 fully saturated rings. The van der Waals surface area contributed by atoms with Crippen LogP contribution in [0.4, 0.5) is 0 Å². The van der Waals surface area contributed by atoms with E-state index in [1.807, 2.05) is 42.5 Å². The van der Waals surface area contributed by atoms with Crippen LogP contribution >= 0.6 is 0 Å². The highest BCUT2D eigenvalue weighted by Crippen LogP contribution is 2.21. The third kappa shape index (κ3) is 3.39. The molecule has 1 amide bonds. The number of hydrogen-bond donors (Lipinski definition) is 1. The molecule has 0 spiro atoms. The van der Waals surface area contributed by atoms with Gasteiger partial charge in [-0.2, -0.15) is 5.10 Å². The summed E-state index contributed by atoms with van der Waals surface area (Å²) in [5, 5.41) is 7.04. The first-order valence-corrected chi connectivity index (χ1v) is 8.30. The van der Waals surface area contributed by atoms with E-state index >= 15 is 0 Å². The van der Waals surface area contributed by atoms with E-state index in [-0.39, 0.29) is 0 Å². The number of rotatable bonds is 5. The number of benzene rings is 1. The van der Waals surface area contributed by atoms with Crippen LogP contribution < -0.4 is 5.32 Å². The largest absolute Gasteiger partial charge is 0.337 e. The SMILES string of the molecule is Cc1nn(C)c(C)c1C(=O)C(=O)NC(c1ccccc1)c1ccccn1. The van der Waals surface area contributed by atoms with Crippen LogP contribution in [0, 0.1) is 13.8 Å². The number of nitrogens with zero attached hydrogens (tertiary/aromatic N) is 3. The Morgan fingerprint density at radius 2 is 1.73 bits per heavy atom. The third-order valence-corrected chi connectivity index (χ3v) is 4.33. The van der Waals surface area contributed by atoms with Crippen LogP contribution in [0.5, 0.6) is 0 Å². The molecule has 3 aromatic rings. The van der Waals surface area contributed by atoms with Crippen molar-refractivity contribution in [3.05, 3.63) is 82.9 Å². The van der Waals surface area contributed by atoms with Crippen LogP contribution in [0.3, 0.4) is 0 Å². The highest BCUT2D eigenvalue weighted by atomic mass is 16.2. The van der Waals surface area contributed by atoms with Crippen molar-refractivity contribution in [2.75, 3.05) is 0 Å². The predicted octanol–water partition coefficient (Wildman–Crippen LogP) is 2.52. The van der Waals surface area contributed by atoms with Crippen molar-refractivity contribution >= 4 is 11.7 Å². The number of aromatic nitrogens is 3. The first-order chi connectivity index (χ1) is 12.5. The topological polar surface area (TPSA) is 76.9 Å². The van der Waals surface area contributed by atoms with E-state index in [4.69, 9.17) is 0 Å². The van der Waals surface area contributed by atoms with Crippen molar-refractivity contribution in [2.24, 2.45) is 7.05 Å². The minimum Gasteiger partial charge on any atom is -0.337 e. The molecule has 0 bridgehead atoms. The van der Waals surface area contributed by atoms with E-state index in [2.05, 4.69) is 15.4 Å². The molecule has 1 unspecified atom stereocenters. The van der Waals surface area contributed by atoms with E-state index in [0.717, 1.165) is 5.56 Å². The van der Waals surface area contributed by atoms with Crippen molar-refractivity contribution in [3.63, 3.8) is 0 Å². The maximum absolute atomic E-state index is 12.7. The Kier molecular flexibility index (Phi) is 4.93. The van der Waals surface area contributed by atoms with Gasteiger partial charge in [0.2, 0.25) is 0 Å². The van der Waals surface area contributed by atoms with E-state index in [1.165, 1.54) is 0 Å². The lowest BCUT2D eigenvalue weighted by Gasteiger charge is -2.18. The van der Waals surface area contributed by atoms with Gasteiger partial charge in [-0.1, -0.05) is 36.4 Å². The molecule has 6 nitrogen and oxygen atoms in total. The molecule has 0 aliphatic rings. The van der Waals surface area contributed by atoms with Gasteiger partial charge in [-0.05, 0) is 31.5 Å². The van der Waals surface area contributed by atoms with Crippen LogP contribution in [-0.2, 0) is 11.8 Å². The zero-order chi connectivity index (χ0) is 18.7. The molecule has 0 saturated heterocycles. The summed E-state index contributed by atoms with van der Waals surface area (Å²) < 4.78 is 1.60. The zero-order valence-electron chi connectivity index (χ0n) is 14.9. The molecular weight excluding hydrogens is 328 g/mol. The Morgan fingerprint density at radius 3 is 2.31 bits per heavy atom. The number of amides is 1. The zero-order valence-corrected chi connectivity index (χ0v) is 14.9. The molecule has 26 heavy (non-hydrogen) atoms. The highest BCUT2D eigenvalue weighted by molar-refractivity contribution is 6.43. The standard InChI is InChI=1S/C20H20N4O2/c1-13-17(14(2)24(3)23-13)19(25)20(26)22-18(15-9-5-4-6-10-15)16-11-7-8-12-21-16/h4-12,18H,1-3H3,(H,22,26). The van der Waals surface area contributed by atoms with E-state index in [1.54, 1.807) is 37.8 Å². The van der Waals surface area contributed by atoms with Crippen LogP contribution in [-0.4, -0.2) is 26.5 Å². The van der Waals surface area contributed by atoms with Gasteiger partial charge in [-0.3, -0.25) is 19.3 Å². The molecule has 2 aromatic heterocycles. The monoisotopic (exact) mass is 348 g/mol. The number of carbonyl (C=O) groups excluding carboxylic acids is 2. The summed E-state index contributed by atoms with van der Waals surface area (Å²) >= 11 is 0. The average molecular weight is 348 g/mol. The molecule has 0 aliphatic carbocycles. The molecule has 2 heterocycles. The lowest BCUT2D eigenvalue weighted by atomic mass is 10.0. The van der Waals surface area contributed by atoms with Crippen LogP contribution in [0.15, 0.2) is 54.7 Å². The van der Waals surface area contributed by atoms with Gasteiger partial charge < -0.3 is 5.32 Å². The van der Waals surface area contributed by atoms with Crippen molar-refractivity contribution in [3.8, 4) is 0 Å². The molecule has 1 N–H and O–H groups in total. The van der Waals surface area contributed by atoms with Gasteiger partial charge in [0.1, 0.15) is 0 Å². The lowest BCUT2D eigenvalue weighted by Crippen LogP contribution is -2.35. The quantitative estimate of drug-likeness (QED) is 0.568. The van der Waals surface area contributed by atoms with E-state index in [9.17, 15) is 9.59 Å². The maximum Gasteiger partial charge on any atom is 0.293 e. The van der Waals surface area contributed by atoms with Gasteiger partial charge in [0.15, 0.2) is 0 Å². The first kappa shape index (κ1) is 17.5. The number of hydrogen-bond acceptors (Lipinski definition) is 4. The number of carbonyl (C=O) groups is 2. The van der Waals surface area contributed by atoms with Crippen molar-refractivity contribution in [1.82, 2.24) is 20.1 Å². The van der Waals surface area contributed by atoms with Gasteiger partial charge in [0.05, 0.1) is 23.0 Å². The number of aryl methyl sites for hydroxylation is 2. The Balaban J connectivity index is 1.92. The second-order valence-corrected chi connectivity index (χ2v) is 6.07. The molecular formula is C20H20N4O2. The molecule has 0 radical (unpaired) electrons. The fraction of sp³-hybridized carbons (Fsp3) is 0.200. The maximum atomic E-state index is 12.7. The van der Waals surface area contributed by atoms with Gasteiger partial charge in [0, 0.05) is 18.9 Å². The summed E-state index contributed by atoms with van der Waals surface area (Å²) in [6.45, 7) is 3.49. The van der Waals surface area contributed by atoms with E-state index < -0.39 is 17.7 Å². The number of Topliss-reactive ketones (excluding diaryl/α,β-unsaturated/α-hetero) is 1. The Hall–Kier alpha value is -3.28. The molecule has 1 atom stereocenters. The molecule has 3 rings (SSSR count). The summed E-state index contributed by atoms with van der Waals surface area (Å²) in [6, 6.07) is 14.4. The molecule has 1 aromatic carbocycles. The van der Waals surface area contributed by atoms with Gasteiger partial charge in [-0.25, -0.2) is 0 Å². The first-order valence-electron chi connectivity index (χ1n) is 8.30. The third-order valence-electron chi connectivity index (χ3n) is 4.33. The van der Waals surface area contributed by atoms with Crippen LogP contribution in [0.25, 0.3) is 0 Å². The molecule has 0 saturated carbocycles. The Labute approximate surface area is 151 Å². The Bertz CT molecular complexity index is 894. The van der Waals surface area contributed by atoms with Crippen molar-refractivity contribution < 1.29 is 9.59 Å². The number of ketones is 1. The van der Waals surface area contributed by atoms with Gasteiger partial charge in [-0.15, -0.1) is 0 Å². The smallest absolute Gasteiger partial charge is 0.293 e. The lowest BCUT2D eigenvalue weighted by molar-refractivity contribution is -0.117. The van der Waals surface area contributed by atoms with Crippen molar-refractivity contribution in [1.29, 1.82) is 0 Å². The summed E-state index contributed by atoms with van der Waals surface area (Å²) in [5.41, 5.74) is 3.07. The predicted molar refractivity (Wildman–Crippen MR) is 97.7 cm³/mol. The highest BCUT2D eigenvalue weighted by Gasteiger charge is 2.27. The van der Waals surface area contributed by atoms with Gasteiger partial charge in [0.25, 0.3) is 11.7 Å². The summed E-state index contributed by atoms with van der Waals surface area (Å²) in [7, 11) is 1.75. The normalized spacial score (nSPS) is 11.8. The Morgan fingerprint density at radius 1 is 1.04 bits per heavy atom. The molecule has 0 aliphatic heterocycles. The summed E-state index contributed by atoms with van der Waals surface area (Å²) in [4.78, 5) is 29.7.